The fourth-order valence-electron chi connectivity index (χ4n) is 4.70. The summed E-state index contributed by atoms with van der Waals surface area (Å²) in [5.41, 5.74) is 2.06. The van der Waals surface area contributed by atoms with Crippen LogP contribution in [0.5, 0.6) is 11.5 Å². The summed E-state index contributed by atoms with van der Waals surface area (Å²) in [4.78, 5) is 36.4. The summed E-state index contributed by atoms with van der Waals surface area (Å²) in [6.45, 7) is 0.198. The largest absolute Gasteiger partial charge is 0.493 e. The number of hydrogen-bond donors (Lipinski definition) is 4. The van der Waals surface area contributed by atoms with Crippen molar-refractivity contribution in [2.75, 3.05) is 24.9 Å². The third-order valence-corrected chi connectivity index (χ3v) is 6.81. The van der Waals surface area contributed by atoms with Gasteiger partial charge in [-0.2, -0.15) is 0 Å². The van der Waals surface area contributed by atoms with Gasteiger partial charge in [-0.05, 0) is 61.6 Å². The van der Waals surface area contributed by atoms with Crippen LogP contribution in [0.4, 0.5) is 21.9 Å². The van der Waals surface area contributed by atoms with Crippen LogP contribution in [0.1, 0.15) is 41.6 Å². The number of anilines is 2. The highest BCUT2D eigenvalue weighted by Gasteiger charge is 2.25. The minimum Gasteiger partial charge on any atom is -0.493 e. The van der Waals surface area contributed by atoms with Crippen LogP contribution in [0.25, 0.3) is 0 Å². The molecule has 0 saturated heterocycles. The number of rotatable bonds is 10. The maximum Gasteiger partial charge on any atom is 0.319 e. The van der Waals surface area contributed by atoms with Crippen molar-refractivity contribution < 1.29 is 24.0 Å². The number of para-hydroxylation sites is 1. The van der Waals surface area contributed by atoms with E-state index in [0.717, 1.165) is 36.9 Å². The molecule has 3 aromatic carbocycles. The predicted molar refractivity (Wildman–Crippen MR) is 152 cm³/mol. The zero-order valence-corrected chi connectivity index (χ0v) is 22.4. The summed E-state index contributed by atoms with van der Waals surface area (Å²) >= 11 is 0. The number of nitro groups is 1. The summed E-state index contributed by atoms with van der Waals surface area (Å²) in [6, 6.07) is 18.6. The molecule has 0 radical (unpaired) electrons. The molecular formula is C29H33N5O6. The Kier molecular flexibility index (Phi) is 9.39. The van der Waals surface area contributed by atoms with Crippen LogP contribution in [-0.2, 0) is 6.54 Å². The highest BCUT2D eigenvalue weighted by Crippen LogP contribution is 2.29. The first kappa shape index (κ1) is 28.2. The molecule has 0 unspecified atom stereocenters. The van der Waals surface area contributed by atoms with Gasteiger partial charge >= 0.3 is 6.03 Å². The van der Waals surface area contributed by atoms with Crippen molar-refractivity contribution in [3.05, 3.63) is 88.0 Å². The van der Waals surface area contributed by atoms with Crippen LogP contribution >= 0.6 is 0 Å². The Morgan fingerprint density at radius 2 is 1.60 bits per heavy atom. The lowest BCUT2D eigenvalue weighted by Crippen LogP contribution is -2.42. The van der Waals surface area contributed by atoms with Crippen molar-refractivity contribution >= 4 is 29.0 Å². The van der Waals surface area contributed by atoms with Crippen molar-refractivity contribution in [2.45, 2.75) is 44.3 Å². The third-order valence-electron chi connectivity index (χ3n) is 6.81. The van der Waals surface area contributed by atoms with Gasteiger partial charge in [-0.3, -0.25) is 14.9 Å². The van der Waals surface area contributed by atoms with Crippen molar-refractivity contribution in [1.82, 2.24) is 10.6 Å². The zero-order valence-electron chi connectivity index (χ0n) is 22.4. The van der Waals surface area contributed by atoms with E-state index in [1.807, 2.05) is 30.3 Å². The van der Waals surface area contributed by atoms with Gasteiger partial charge in [0.1, 0.15) is 0 Å². The molecule has 210 valence electrons. The Hall–Kier alpha value is -4.80. The molecule has 0 atom stereocenters. The lowest BCUT2D eigenvalue weighted by atomic mass is 9.91. The fraction of sp³-hybridized carbons (Fsp3) is 0.310. The first-order valence-electron chi connectivity index (χ1n) is 13.0. The number of nitro benzene ring substituents is 1. The number of nitrogens with one attached hydrogen (secondary N) is 4. The molecule has 1 saturated carbocycles. The molecule has 1 aliphatic rings. The van der Waals surface area contributed by atoms with E-state index < -0.39 is 10.8 Å². The number of methoxy groups -OCH3 is 2. The molecule has 0 aromatic heterocycles. The van der Waals surface area contributed by atoms with E-state index in [-0.39, 0.29) is 35.9 Å². The van der Waals surface area contributed by atoms with E-state index in [1.54, 1.807) is 31.4 Å². The van der Waals surface area contributed by atoms with Gasteiger partial charge in [-0.25, -0.2) is 4.79 Å². The van der Waals surface area contributed by atoms with Crippen molar-refractivity contribution in [2.24, 2.45) is 0 Å². The number of amides is 3. The van der Waals surface area contributed by atoms with Crippen molar-refractivity contribution in [3.8, 4) is 11.5 Å². The molecule has 3 aromatic rings. The molecule has 0 aliphatic heterocycles. The monoisotopic (exact) mass is 547 g/mol. The molecule has 0 heterocycles. The molecule has 1 aliphatic carbocycles. The maximum absolute atomic E-state index is 13.2. The second kappa shape index (κ2) is 13.3. The Bertz CT molecular complexity index is 1340. The van der Waals surface area contributed by atoms with E-state index >= 15 is 0 Å². The zero-order chi connectivity index (χ0) is 28.5. The van der Waals surface area contributed by atoms with Gasteiger partial charge in [-0.1, -0.05) is 24.3 Å². The van der Waals surface area contributed by atoms with Gasteiger partial charge in [0.05, 0.1) is 24.7 Å². The summed E-state index contributed by atoms with van der Waals surface area (Å²) < 4.78 is 10.6. The Morgan fingerprint density at radius 1 is 0.900 bits per heavy atom. The van der Waals surface area contributed by atoms with Crippen LogP contribution in [-0.4, -0.2) is 43.2 Å². The minimum absolute atomic E-state index is 0.0304. The summed E-state index contributed by atoms with van der Waals surface area (Å²) in [5.74, 6) is 0.674. The average molecular weight is 548 g/mol. The van der Waals surface area contributed by atoms with Gasteiger partial charge in [0.2, 0.25) is 0 Å². The first-order chi connectivity index (χ1) is 19.4. The summed E-state index contributed by atoms with van der Waals surface area (Å²) in [6.07, 6.45) is 3.04. The smallest absolute Gasteiger partial charge is 0.319 e. The second-order valence-corrected chi connectivity index (χ2v) is 9.52. The number of nitrogens with zero attached hydrogens (tertiary/aromatic N) is 1. The van der Waals surface area contributed by atoms with Crippen molar-refractivity contribution in [3.63, 3.8) is 0 Å². The van der Waals surface area contributed by atoms with Crippen LogP contribution in [0, 0.1) is 10.1 Å². The van der Waals surface area contributed by atoms with E-state index in [2.05, 4.69) is 21.3 Å². The highest BCUT2D eigenvalue weighted by atomic mass is 16.6. The van der Waals surface area contributed by atoms with Crippen LogP contribution in [0.3, 0.4) is 0 Å². The standard InChI is InChI=1S/C29H33N5O6/c1-39-26-15-8-19(16-27(26)40-2)18-30-28(35)24-17-23(34(37)38)13-14-25(24)31-21-9-11-22(12-10-21)33-29(36)32-20-6-4-3-5-7-20/h3-8,13-17,21-22,31H,9-12,18H2,1-2H3,(H,30,35)(H2,32,33,36)/t21-,22-. The number of ether oxygens (including phenoxy) is 2. The maximum atomic E-state index is 13.2. The van der Waals surface area contributed by atoms with Crippen LogP contribution in [0.2, 0.25) is 0 Å². The van der Waals surface area contributed by atoms with E-state index in [4.69, 9.17) is 9.47 Å². The number of carbonyl (C=O) groups excluding carboxylic acids is 2. The number of non-ortho nitro benzene ring substituents is 1. The van der Waals surface area contributed by atoms with Gasteiger partial charge in [0.25, 0.3) is 11.6 Å². The quantitative estimate of drug-likeness (QED) is 0.204. The Labute approximate surface area is 232 Å². The second-order valence-electron chi connectivity index (χ2n) is 9.52. The first-order valence-corrected chi connectivity index (χ1v) is 13.0. The van der Waals surface area contributed by atoms with Crippen molar-refractivity contribution in [1.29, 1.82) is 0 Å². The molecule has 0 spiro atoms. The van der Waals surface area contributed by atoms with Gasteiger partial charge in [0, 0.05) is 42.1 Å². The van der Waals surface area contributed by atoms with E-state index in [0.29, 0.717) is 17.2 Å². The molecule has 3 amide bonds. The SMILES string of the molecule is COc1ccc(CNC(=O)c2cc([N+](=O)[O-])ccc2N[C@H]2CC[C@H](NC(=O)Nc3ccccc3)CC2)cc1OC. The molecule has 11 heteroatoms. The highest BCUT2D eigenvalue weighted by molar-refractivity contribution is 6.00. The number of carbonyl (C=O) groups is 2. The fourth-order valence-corrected chi connectivity index (χ4v) is 4.70. The van der Waals surface area contributed by atoms with Gasteiger partial charge in [-0.15, -0.1) is 0 Å². The van der Waals surface area contributed by atoms with Crippen LogP contribution in [0.15, 0.2) is 66.7 Å². The van der Waals surface area contributed by atoms with Crippen LogP contribution < -0.4 is 30.7 Å². The van der Waals surface area contributed by atoms with Gasteiger partial charge < -0.3 is 30.7 Å². The number of hydrogen-bond acceptors (Lipinski definition) is 7. The van der Waals surface area contributed by atoms with E-state index in [9.17, 15) is 19.7 Å². The van der Waals surface area contributed by atoms with Gasteiger partial charge in [0.15, 0.2) is 11.5 Å². The van der Waals surface area contributed by atoms with E-state index in [1.165, 1.54) is 19.2 Å². The average Bonchev–Trinajstić information content (AvgIpc) is 2.97. The lowest BCUT2D eigenvalue weighted by molar-refractivity contribution is -0.384. The normalized spacial score (nSPS) is 16.4. The summed E-state index contributed by atoms with van der Waals surface area (Å²) in [5, 5.41) is 23.5. The molecule has 0 bridgehead atoms. The topological polar surface area (TPSA) is 144 Å². The Balaban J connectivity index is 1.36. The molecule has 11 nitrogen and oxygen atoms in total. The molecule has 4 rings (SSSR count). The number of urea groups is 1. The third kappa shape index (κ3) is 7.40. The minimum atomic E-state index is -0.522. The Morgan fingerprint density at radius 3 is 2.27 bits per heavy atom. The lowest BCUT2D eigenvalue weighted by Gasteiger charge is -2.30. The molecule has 4 N–H and O–H groups in total. The number of benzene rings is 3. The molecule has 1 fully saturated rings. The molecule has 40 heavy (non-hydrogen) atoms. The predicted octanol–water partition coefficient (Wildman–Crippen LogP) is 5.09. The molecular weight excluding hydrogens is 514 g/mol. The summed E-state index contributed by atoms with van der Waals surface area (Å²) in [7, 11) is 3.08.